The van der Waals surface area contributed by atoms with Crippen LogP contribution in [0.25, 0.3) is 11.1 Å². The van der Waals surface area contributed by atoms with E-state index in [4.69, 9.17) is 14.9 Å². The Labute approximate surface area is 205 Å². The predicted molar refractivity (Wildman–Crippen MR) is 133 cm³/mol. The fraction of sp³-hybridized carbons (Fsp3) is 0.345. The van der Waals surface area contributed by atoms with Crippen LogP contribution in [0.3, 0.4) is 0 Å². The van der Waals surface area contributed by atoms with E-state index in [0.29, 0.717) is 17.7 Å². The van der Waals surface area contributed by atoms with Crippen molar-refractivity contribution in [3.63, 3.8) is 0 Å². The minimum absolute atomic E-state index is 0.176. The Bertz CT molecular complexity index is 1150. The van der Waals surface area contributed by atoms with Gasteiger partial charge < -0.3 is 14.9 Å². The molecule has 1 atom stereocenters. The Hall–Kier alpha value is -3.41. The molecule has 2 aliphatic rings. The van der Waals surface area contributed by atoms with Gasteiger partial charge in [-0.05, 0) is 72.7 Å². The summed E-state index contributed by atoms with van der Waals surface area (Å²) in [5.41, 5.74) is 3.20. The van der Waals surface area contributed by atoms with E-state index in [2.05, 4.69) is 0 Å². The van der Waals surface area contributed by atoms with E-state index in [1.807, 2.05) is 6.07 Å². The monoisotopic (exact) mass is 482 g/mol. The van der Waals surface area contributed by atoms with E-state index in [0.717, 1.165) is 36.0 Å². The van der Waals surface area contributed by atoms with Crippen LogP contribution in [-0.4, -0.2) is 23.3 Å². The molecule has 0 radical (unpaired) electrons. The van der Waals surface area contributed by atoms with Crippen LogP contribution in [0.1, 0.15) is 49.3 Å². The SMILES string of the molecule is C1CC1.CC(Cc1cccc(O)c1)C(=O)O.COc1ccc(F)c(-c2ccc3c(c2F)CCC3)c1. The molecule has 5 rings (SSSR count). The zero-order valence-electron chi connectivity index (χ0n) is 20.2. The molecule has 0 bridgehead atoms. The van der Waals surface area contributed by atoms with Crippen molar-refractivity contribution in [3.05, 3.63) is 82.9 Å². The third kappa shape index (κ3) is 7.54. The maximum Gasteiger partial charge on any atom is 0.306 e. The standard InChI is InChI=1S/C16H14F2O.C10H12O3.C3H6/c1-19-11-6-8-15(17)14(9-11)13-7-5-10-3-2-4-12(10)16(13)18;1-7(10(12)13)5-8-3-2-4-9(11)6-8;1-2-3-1/h5-9H,2-4H2,1H3;2-4,6-7,11H,5H2,1H3,(H,12,13);1-3H2. The van der Waals surface area contributed by atoms with Crippen molar-refractivity contribution in [1.82, 2.24) is 0 Å². The van der Waals surface area contributed by atoms with Crippen molar-refractivity contribution in [3.8, 4) is 22.6 Å². The molecule has 0 spiro atoms. The molecule has 35 heavy (non-hydrogen) atoms. The van der Waals surface area contributed by atoms with Crippen molar-refractivity contribution in [2.75, 3.05) is 7.11 Å². The number of halogens is 2. The van der Waals surface area contributed by atoms with Crippen molar-refractivity contribution in [2.24, 2.45) is 5.92 Å². The lowest BCUT2D eigenvalue weighted by molar-refractivity contribution is -0.141. The van der Waals surface area contributed by atoms with Gasteiger partial charge in [-0.15, -0.1) is 0 Å². The highest BCUT2D eigenvalue weighted by Crippen LogP contribution is 2.34. The minimum Gasteiger partial charge on any atom is -0.508 e. The van der Waals surface area contributed by atoms with E-state index >= 15 is 0 Å². The lowest BCUT2D eigenvalue weighted by Crippen LogP contribution is -2.11. The molecule has 1 unspecified atom stereocenters. The lowest BCUT2D eigenvalue weighted by atomic mass is 9.99. The molecule has 186 valence electrons. The quantitative estimate of drug-likeness (QED) is 0.413. The summed E-state index contributed by atoms with van der Waals surface area (Å²) in [5.74, 6) is -1.25. The molecule has 2 aliphatic carbocycles. The van der Waals surface area contributed by atoms with Crippen LogP contribution in [0.2, 0.25) is 0 Å². The molecular formula is C29H32F2O4. The largest absolute Gasteiger partial charge is 0.508 e. The van der Waals surface area contributed by atoms with E-state index in [9.17, 15) is 13.6 Å². The van der Waals surface area contributed by atoms with Crippen molar-refractivity contribution in [2.45, 2.75) is 51.9 Å². The third-order valence-electron chi connectivity index (χ3n) is 5.90. The van der Waals surface area contributed by atoms with Gasteiger partial charge in [0.15, 0.2) is 0 Å². The molecule has 4 nitrogen and oxygen atoms in total. The van der Waals surface area contributed by atoms with Crippen LogP contribution in [0.5, 0.6) is 11.5 Å². The highest BCUT2D eigenvalue weighted by Gasteiger charge is 2.20. The molecule has 2 N–H and O–H groups in total. The average Bonchev–Trinajstić information content (AvgIpc) is 3.65. The normalized spacial score (nSPS) is 13.9. The van der Waals surface area contributed by atoms with Gasteiger partial charge in [0.1, 0.15) is 23.1 Å². The molecule has 6 heteroatoms. The van der Waals surface area contributed by atoms with E-state index in [-0.39, 0.29) is 17.1 Å². The number of aromatic hydroxyl groups is 1. The first-order valence-corrected chi connectivity index (χ1v) is 11.9. The highest BCUT2D eigenvalue weighted by molar-refractivity contribution is 5.70. The van der Waals surface area contributed by atoms with Gasteiger partial charge in [-0.25, -0.2) is 8.78 Å². The van der Waals surface area contributed by atoms with Gasteiger partial charge in [-0.2, -0.15) is 0 Å². The van der Waals surface area contributed by atoms with E-state index < -0.39 is 17.7 Å². The van der Waals surface area contributed by atoms with E-state index in [1.165, 1.54) is 44.6 Å². The Morgan fingerprint density at radius 1 is 0.971 bits per heavy atom. The number of fused-ring (bicyclic) bond motifs is 1. The average molecular weight is 483 g/mol. The molecule has 1 saturated carbocycles. The van der Waals surface area contributed by atoms with Crippen LogP contribution < -0.4 is 4.74 Å². The summed E-state index contributed by atoms with van der Waals surface area (Å²) < 4.78 is 33.4. The highest BCUT2D eigenvalue weighted by atomic mass is 19.1. The molecule has 0 saturated heterocycles. The molecular weight excluding hydrogens is 450 g/mol. The fourth-order valence-electron chi connectivity index (χ4n) is 3.79. The first-order chi connectivity index (χ1) is 16.8. The van der Waals surface area contributed by atoms with Crippen LogP contribution in [-0.2, 0) is 24.1 Å². The Kier molecular flexibility index (Phi) is 9.24. The summed E-state index contributed by atoms with van der Waals surface area (Å²) in [5, 5.41) is 17.8. The van der Waals surface area contributed by atoms with Gasteiger partial charge in [0.05, 0.1) is 13.0 Å². The molecule has 0 aromatic heterocycles. The number of carboxylic acid groups (broad SMARTS) is 1. The van der Waals surface area contributed by atoms with Gasteiger partial charge in [-0.3, -0.25) is 4.79 Å². The Balaban J connectivity index is 0.000000185. The first kappa shape index (κ1) is 26.2. The number of ether oxygens (including phenoxy) is 1. The van der Waals surface area contributed by atoms with E-state index in [1.54, 1.807) is 37.3 Å². The summed E-state index contributed by atoms with van der Waals surface area (Å²) in [6, 6.07) is 14.6. The number of hydrogen-bond donors (Lipinski definition) is 2. The zero-order valence-corrected chi connectivity index (χ0v) is 20.2. The number of aliphatic carboxylic acids is 1. The maximum absolute atomic E-state index is 14.5. The van der Waals surface area contributed by atoms with Crippen LogP contribution in [0, 0.1) is 17.6 Å². The van der Waals surface area contributed by atoms with Gasteiger partial charge >= 0.3 is 5.97 Å². The molecule has 0 amide bonds. The van der Waals surface area contributed by atoms with Gasteiger partial charge in [0.2, 0.25) is 0 Å². The summed E-state index contributed by atoms with van der Waals surface area (Å²) in [6.07, 6.45) is 7.56. The number of carbonyl (C=O) groups is 1. The summed E-state index contributed by atoms with van der Waals surface area (Å²) >= 11 is 0. The molecule has 1 fully saturated rings. The zero-order chi connectivity index (χ0) is 25.4. The van der Waals surface area contributed by atoms with Crippen molar-refractivity contribution in [1.29, 1.82) is 0 Å². The molecule has 3 aromatic carbocycles. The topological polar surface area (TPSA) is 66.8 Å². The molecule has 3 aromatic rings. The van der Waals surface area contributed by atoms with Gasteiger partial charge in [-0.1, -0.05) is 50.5 Å². The van der Waals surface area contributed by atoms with Gasteiger partial charge in [0.25, 0.3) is 0 Å². The summed E-state index contributed by atoms with van der Waals surface area (Å²) in [7, 11) is 1.51. The number of phenolic OH excluding ortho intramolecular Hbond substituents is 1. The number of benzene rings is 3. The number of hydrogen-bond acceptors (Lipinski definition) is 3. The molecule has 0 aliphatic heterocycles. The Morgan fingerprint density at radius 3 is 2.34 bits per heavy atom. The Morgan fingerprint density at radius 2 is 1.71 bits per heavy atom. The van der Waals surface area contributed by atoms with Crippen molar-refractivity contribution >= 4 is 5.97 Å². The van der Waals surface area contributed by atoms with Crippen LogP contribution in [0.15, 0.2) is 54.6 Å². The predicted octanol–water partition coefficient (Wildman–Crippen LogP) is 6.95. The second-order valence-electron chi connectivity index (χ2n) is 8.94. The summed E-state index contributed by atoms with van der Waals surface area (Å²) in [4.78, 5) is 10.5. The lowest BCUT2D eigenvalue weighted by Gasteiger charge is -2.10. The molecule has 0 heterocycles. The van der Waals surface area contributed by atoms with Crippen molar-refractivity contribution < 1.29 is 28.5 Å². The fourth-order valence-corrected chi connectivity index (χ4v) is 3.79. The third-order valence-corrected chi connectivity index (χ3v) is 5.90. The van der Waals surface area contributed by atoms with Crippen LogP contribution >= 0.6 is 0 Å². The maximum atomic E-state index is 14.5. The number of rotatable bonds is 5. The van der Waals surface area contributed by atoms with Crippen LogP contribution in [0.4, 0.5) is 8.78 Å². The number of carboxylic acids is 1. The summed E-state index contributed by atoms with van der Waals surface area (Å²) in [6.45, 7) is 1.65. The number of methoxy groups -OCH3 is 1. The second kappa shape index (κ2) is 12.3. The minimum atomic E-state index is -0.816. The second-order valence-corrected chi connectivity index (χ2v) is 8.94. The first-order valence-electron chi connectivity index (χ1n) is 11.9. The smallest absolute Gasteiger partial charge is 0.306 e. The van der Waals surface area contributed by atoms with Gasteiger partial charge in [0, 0.05) is 11.1 Å². The number of aryl methyl sites for hydroxylation is 1. The number of phenols is 1.